The van der Waals surface area contributed by atoms with Crippen molar-refractivity contribution in [3.8, 4) is 10.6 Å². The van der Waals surface area contributed by atoms with Gasteiger partial charge >= 0.3 is 0 Å². The Morgan fingerprint density at radius 2 is 2.00 bits per heavy atom. The first-order valence-electron chi connectivity index (χ1n) is 5.77. The lowest BCUT2D eigenvalue weighted by Crippen LogP contribution is -2.17. The minimum atomic E-state index is 0.764. The van der Waals surface area contributed by atoms with E-state index in [4.69, 9.17) is 5.73 Å². The molecule has 1 aromatic heterocycles. The van der Waals surface area contributed by atoms with Gasteiger partial charge in [-0.05, 0) is 25.0 Å². The van der Waals surface area contributed by atoms with Crippen LogP contribution in [-0.4, -0.2) is 23.3 Å². The molecule has 1 aromatic carbocycles. The summed E-state index contributed by atoms with van der Waals surface area (Å²) in [6.07, 6.45) is 2.51. The molecule has 88 valence electrons. The lowest BCUT2D eigenvalue weighted by molar-refractivity contribution is 0.929. The van der Waals surface area contributed by atoms with E-state index in [1.54, 1.807) is 11.3 Å². The predicted octanol–water partition coefficient (Wildman–Crippen LogP) is 2.39. The summed E-state index contributed by atoms with van der Waals surface area (Å²) in [5.41, 5.74) is 7.58. The van der Waals surface area contributed by atoms with Gasteiger partial charge in [0.2, 0.25) is 5.13 Å². The molecule has 1 fully saturated rings. The lowest BCUT2D eigenvalue weighted by Gasteiger charge is -2.10. The van der Waals surface area contributed by atoms with Crippen LogP contribution in [0, 0.1) is 0 Å². The monoisotopic (exact) mass is 246 g/mol. The van der Waals surface area contributed by atoms with Crippen molar-refractivity contribution >= 4 is 22.2 Å². The zero-order valence-electron chi connectivity index (χ0n) is 9.47. The van der Waals surface area contributed by atoms with E-state index in [-0.39, 0.29) is 0 Å². The molecule has 1 aliphatic rings. The second-order valence-electron chi connectivity index (χ2n) is 4.21. The summed E-state index contributed by atoms with van der Waals surface area (Å²) in [7, 11) is 0. The molecule has 4 nitrogen and oxygen atoms in total. The standard InChI is InChI=1S/C12H14N4S/c13-10-5-3-4-9(8-10)11-14-15-12(17-11)16-6-1-2-7-16/h3-5,8H,1-2,6-7,13H2. The highest BCUT2D eigenvalue weighted by atomic mass is 32.1. The number of rotatable bonds is 2. The predicted molar refractivity (Wildman–Crippen MR) is 71.2 cm³/mol. The summed E-state index contributed by atoms with van der Waals surface area (Å²) < 4.78 is 0. The highest BCUT2D eigenvalue weighted by molar-refractivity contribution is 7.18. The summed E-state index contributed by atoms with van der Waals surface area (Å²) in [6.45, 7) is 2.21. The van der Waals surface area contributed by atoms with Crippen molar-refractivity contribution in [2.75, 3.05) is 23.7 Å². The smallest absolute Gasteiger partial charge is 0.208 e. The molecule has 0 unspecified atom stereocenters. The quantitative estimate of drug-likeness (QED) is 0.827. The van der Waals surface area contributed by atoms with Crippen LogP contribution in [0.3, 0.4) is 0 Å². The molecule has 0 atom stereocenters. The van der Waals surface area contributed by atoms with Crippen LogP contribution in [0.4, 0.5) is 10.8 Å². The average Bonchev–Trinajstić information content (AvgIpc) is 3.00. The second kappa shape index (κ2) is 4.33. The SMILES string of the molecule is Nc1cccc(-c2nnc(N3CCCC3)s2)c1. The molecular formula is C12H14N4S. The van der Waals surface area contributed by atoms with E-state index in [1.807, 2.05) is 24.3 Å². The third-order valence-electron chi connectivity index (χ3n) is 2.92. The van der Waals surface area contributed by atoms with Gasteiger partial charge < -0.3 is 10.6 Å². The number of nitrogens with zero attached hydrogens (tertiary/aromatic N) is 3. The van der Waals surface area contributed by atoms with Crippen molar-refractivity contribution in [3.63, 3.8) is 0 Å². The van der Waals surface area contributed by atoms with Gasteiger partial charge in [0.15, 0.2) is 0 Å². The fourth-order valence-corrected chi connectivity index (χ4v) is 2.93. The Hall–Kier alpha value is -1.62. The first-order valence-corrected chi connectivity index (χ1v) is 6.59. The Morgan fingerprint density at radius 1 is 1.18 bits per heavy atom. The Labute approximate surface area is 104 Å². The van der Waals surface area contributed by atoms with E-state index in [2.05, 4.69) is 15.1 Å². The van der Waals surface area contributed by atoms with Crippen LogP contribution in [0.5, 0.6) is 0 Å². The van der Waals surface area contributed by atoms with Crippen molar-refractivity contribution in [2.45, 2.75) is 12.8 Å². The number of aromatic nitrogens is 2. The minimum absolute atomic E-state index is 0.764. The maximum atomic E-state index is 5.77. The van der Waals surface area contributed by atoms with Gasteiger partial charge in [-0.25, -0.2) is 0 Å². The molecule has 2 aromatic rings. The normalized spacial score (nSPS) is 15.4. The van der Waals surface area contributed by atoms with Crippen LogP contribution in [0.25, 0.3) is 10.6 Å². The third-order valence-corrected chi connectivity index (χ3v) is 3.96. The van der Waals surface area contributed by atoms with Gasteiger partial charge in [-0.15, -0.1) is 10.2 Å². The van der Waals surface area contributed by atoms with Gasteiger partial charge in [-0.1, -0.05) is 23.5 Å². The van der Waals surface area contributed by atoms with E-state index < -0.39 is 0 Å². The van der Waals surface area contributed by atoms with Crippen LogP contribution in [0.15, 0.2) is 24.3 Å². The molecule has 1 saturated heterocycles. The number of anilines is 2. The number of hydrogen-bond acceptors (Lipinski definition) is 5. The molecule has 17 heavy (non-hydrogen) atoms. The second-order valence-corrected chi connectivity index (χ2v) is 5.17. The molecule has 1 aliphatic heterocycles. The van der Waals surface area contributed by atoms with Crippen molar-refractivity contribution in [1.29, 1.82) is 0 Å². The lowest BCUT2D eigenvalue weighted by atomic mass is 10.2. The first-order chi connectivity index (χ1) is 8.33. The van der Waals surface area contributed by atoms with Gasteiger partial charge in [0.05, 0.1) is 0 Å². The van der Waals surface area contributed by atoms with Crippen molar-refractivity contribution in [3.05, 3.63) is 24.3 Å². The Bertz CT molecular complexity index is 517. The van der Waals surface area contributed by atoms with Crippen LogP contribution in [0.1, 0.15) is 12.8 Å². The molecule has 0 spiro atoms. The molecule has 0 aliphatic carbocycles. The molecule has 5 heteroatoms. The number of benzene rings is 1. The minimum Gasteiger partial charge on any atom is -0.399 e. The molecule has 0 radical (unpaired) electrons. The fraction of sp³-hybridized carbons (Fsp3) is 0.333. The van der Waals surface area contributed by atoms with Crippen LogP contribution >= 0.6 is 11.3 Å². The van der Waals surface area contributed by atoms with E-state index >= 15 is 0 Å². The Balaban J connectivity index is 1.89. The van der Waals surface area contributed by atoms with Crippen molar-refractivity contribution in [2.24, 2.45) is 0 Å². The van der Waals surface area contributed by atoms with Gasteiger partial charge in [0, 0.05) is 24.3 Å². The van der Waals surface area contributed by atoms with E-state index in [0.717, 1.165) is 34.5 Å². The number of nitrogens with two attached hydrogens (primary N) is 1. The molecule has 0 amide bonds. The van der Waals surface area contributed by atoms with Crippen molar-refractivity contribution < 1.29 is 0 Å². The van der Waals surface area contributed by atoms with Crippen LogP contribution < -0.4 is 10.6 Å². The third kappa shape index (κ3) is 2.10. The molecule has 0 bridgehead atoms. The highest BCUT2D eigenvalue weighted by Crippen LogP contribution is 2.30. The zero-order chi connectivity index (χ0) is 11.7. The van der Waals surface area contributed by atoms with Gasteiger partial charge in [-0.3, -0.25) is 0 Å². The maximum absolute atomic E-state index is 5.77. The van der Waals surface area contributed by atoms with Crippen LogP contribution in [-0.2, 0) is 0 Å². The average molecular weight is 246 g/mol. The van der Waals surface area contributed by atoms with Gasteiger partial charge in [0.25, 0.3) is 0 Å². The van der Waals surface area contributed by atoms with Crippen LogP contribution in [0.2, 0.25) is 0 Å². The summed E-state index contributed by atoms with van der Waals surface area (Å²) in [5.74, 6) is 0. The number of nitrogen functional groups attached to an aromatic ring is 1. The number of hydrogen-bond donors (Lipinski definition) is 1. The van der Waals surface area contributed by atoms with Gasteiger partial charge in [0.1, 0.15) is 5.01 Å². The van der Waals surface area contributed by atoms with E-state index in [1.165, 1.54) is 12.8 Å². The zero-order valence-corrected chi connectivity index (χ0v) is 10.3. The summed E-state index contributed by atoms with van der Waals surface area (Å²) in [6, 6.07) is 7.78. The van der Waals surface area contributed by atoms with E-state index in [9.17, 15) is 0 Å². The molecule has 0 saturated carbocycles. The molecular weight excluding hydrogens is 232 g/mol. The highest BCUT2D eigenvalue weighted by Gasteiger charge is 2.17. The Kier molecular flexibility index (Phi) is 2.68. The largest absolute Gasteiger partial charge is 0.399 e. The van der Waals surface area contributed by atoms with Gasteiger partial charge in [-0.2, -0.15) is 0 Å². The first kappa shape index (κ1) is 10.5. The summed E-state index contributed by atoms with van der Waals surface area (Å²) in [5, 5.41) is 10.5. The molecule has 2 heterocycles. The van der Waals surface area contributed by atoms with E-state index in [0.29, 0.717) is 0 Å². The Morgan fingerprint density at radius 3 is 2.76 bits per heavy atom. The van der Waals surface area contributed by atoms with Crippen molar-refractivity contribution in [1.82, 2.24) is 10.2 Å². The summed E-state index contributed by atoms with van der Waals surface area (Å²) >= 11 is 1.64. The maximum Gasteiger partial charge on any atom is 0.208 e. The molecule has 3 rings (SSSR count). The fourth-order valence-electron chi connectivity index (χ4n) is 2.04. The summed E-state index contributed by atoms with van der Waals surface area (Å²) in [4.78, 5) is 2.30. The molecule has 2 N–H and O–H groups in total. The topological polar surface area (TPSA) is 55.0 Å².